The van der Waals surface area contributed by atoms with Gasteiger partial charge < -0.3 is 15.8 Å². The van der Waals surface area contributed by atoms with Crippen molar-refractivity contribution in [3.8, 4) is 5.75 Å². The molecule has 0 spiro atoms. The average molecular weight is 311 g/mol. The van der Waals surface area contributed by atoms with Crippen molar-refractivity contribution in [2.24, 2.45) is 0 Å². The Morgan fingerprint density at radius 1 is 1.26 bits per heavy atom. The summed E-state index contributed by atoms with van der Waals surface area (Å²) in [6.45, 7) is 0. The van der Waals surface area contributed by atoms with E-state index in [0.717, 1.165) is 37.0 Å². The number of amides is 1. The number of carbonyl (C=O) groups excluding carboxylic acids is 1. The molecular weight excluding hydrogens is 290 g/mol. The van der Waals surface area contributed by atoms with Gasteiger partial charge in [0.1, 0.15) is 11.6 Å². The van der Waals surface area contributed by atoms with Crippen LogP contribution in [0.25, 0.3) is 0 Å². The maximum absolute atomic E-state index is 13.0. The van der Waals surface area contributed by atoms with Gasteiger partial charge in [0.15, 0.2) is 0 Å². The largest absolute Gasteiger partial charge is 0.497 e. The molecule has 1 amide bonds. The maximum Gasteiger partial charge on any atom is 0.235 e. The van der Waals surface area contributed by atoms with Crippen molar-refractivity contribution in [1.82, 2.24) is 4.98 Å². The van der Waals surface area contributed by atoms with Crippen molar-refractivity contribution in [2.75, 3.05) is 18.2 Å². The summed E-state index contributed by atoms with van der Waals surface area (Å²) in [5, 5.41) is 2.99. The molecule has 1 heterocycles. The molecule has 0 radical (unpaired) electrons. The van der Waals surface area contributed by atoms with E-state index in [1.807, 2.05) is 24.3 Å². The van der Waals surface area contributed by atoms with Gasteiger partial charge in [-0.15, -0.1) is 0 Å². The third-order valence-electron chi connectivity index (χ3n) is 4.56. The summed E-state index contributed by atoms with van der Waals surface area (Å²) >= 11 is 0. The predicted octanol–water partition coefficient (Wildman–Crippen LogP) is 3.12. The fourth-order valence-electron chi connectivity index (χ4n) is 3.28. The molecule has 0 bridgehead atoms. The number of carbonyl (C=O) groups is 1. The number of hydrogen-bond acceptors (Lipinski definition) is 4. The highest BCUT2D eigenvalue weighted by atomic mass is 16.5. The van der Waals surface area contributed by atoms with Crippen molar-refractivity contribution in [3.05, 3.63) is 48.2 Å². The van der Waals surface area contributed by atoms with Gasteiger partial charge in [0.05, 0.1) is 24.4 Å². The standard InChI is InChI=1S/C18H21N3O2/c1-23-15-6-4-5-13(11-15)18(9-2-3-10-18)17(22)21-14-7-8-16(19)20-12-14/h4-8,11-12H,2-3,9-10H2,1H3,(H2,19,20)(H,21,22). The Hall–Kier alpha value is -2.56. The Balaban J connectivity index is 1.90. The number of methoxy groups -OCH3 is 1. The van der Waals surface area contributed by atoms with Gasteiger partial charge in [-0.3, -0.25) is 4.79 Å². The zero-order valence-corrected chi connectivity index (χ0v) is 13.2. The van der Waals surface area contributed by atoms with Gasteiger partial charge in [-0.05, 0) is 42.7 Å². The van der Waals surface area contributed by atoms with Gasteiger partial charge in [0.25, 0.3) is 0 Å². The molecule has 120 valence electrons. The Kier molecular flexibility index (Phi) is 4.19. The summed E-state index contributed by atoms with van der Waals surface area (Å²) in [5.41, 5.74) is 6.76. The number of ether oxygens (including phenoxy) is 1. The Bertz CT molecular complexity index is 692. The molecular formula is C18H21N3O2. The molecule has 1 fully saturated rings. The second-order valence-electron chi connectivity index (χ2n) is 5.95. The molecule has 0 aliphatic heterocycles. The molecule has 1 aliphatic carbocycles. The quantitative estimate of drug-likeness (QED) is 0.909. The summed E-state index contributed by atoms with van der Waals surface area (Å²) in [6, 6.07) is 11.3. The second-order valence-corrected chi connectivity index (χ2v) is 5.95. The van der Waals surface area contributed by atoms with Crippen LogP contribution in [0.3, 0.4) is 0 Å². The van der Waals surface area contributed by atoms with Gasteiger partial charge in [-0.25, -0.2) is 4.98 Å². The summed E-state index contributed by atoms with van der Waals surface area (Å²) in [6.07, 6.45) is 5.36. The molecule has 5 nitrogen and oxygen atoms in total. The minimum absolute atomic E-state index is 0.00910. The summed E-state index contributed by atoms with van der Waals surface area (Å²) in [5.74, 6) is 1.22. The van der Waals surface area contributed by atoms with Crippen molar-refractivity contribution in [2.45, 2.75) is 31.1 Å². The van der Waals surface area contributed by atoms with Crippen LogP contribution in [0, 0.1) is 0 Å². The van der Waals surface area contributed by atoms with Crippen LogP contribution in [0.5, 0.6) is 5.75 Å². The molecule has 3 rings (SSSR count). The van der Waals surface area contributed by atoms with E-state index in [1.165, 1.54) is 0 Å². The highest BCUT2D eigenvalue weighted by Crippen LogP contribution is 2.42. The fraction of sp³-hybridized carbons (Fsp3) is 0.333. The average Bonchev–Trinajstić information content (AvgIpc) is 3.08. The maximum atomic E-state index is 13.0. The van der Waals surface area contributed by atoms with E-state index >= 15 is 0 Å². The number of pyridine rings is 1. The minimum atomic E-state index is -0.504. The molecule has 1 aromatic heterocycles. The monoisotopic (exact) mass is 311 g/mol. The molecule has 1 aromatic carbocycles. The summed E-state index contributed by atoms with van der Waals surface area (Å²) < 4.78 is 5.32. The van der Waals surface area contributed by atoms with E-state index in [-0.39, 0.29) is 5.91 Å². The number of rotatable bonds is 4. The number of anilines is 2. The lowest BCUT2D eigenvalue weighted by atomic mass is 9.78. The molecule has 1 saturated carbocycles. The van der Waals surface area contributed by atoms with Crippen LogP contribution in [0.15, 0.2) is 42.6 Å². The van der Waals surface area contributed by atoms with E-state index < -0.39 is 5.41 Å². The molecule has 0 unspecified atom stereocenters. The van der Waals surface area contributed by atoms with Gasteiger partial charge >= 0.3 is 0 Å². The van der Waals surface area contributed by atoms with Gasteiger partial charge in [-0.2, -0.15) is 0 Å². The molecule has 3 N–H and O–H groups in total. The Morgan fingerprint density at radius 2 is 2.04 bits per heavy atom. The lowest BCUT2D eigenvalue weighted by Gasteiger charge is -2.28. The number of aromatic nitrogens is 1. The lowest BCUT2D eigenvalue weighted by molar-refractivity contribution is -0.121. The van der Waals surface area contributed by atoms with Crippen molar-refractivity contribution >= 4 is 17.4 Å². The van der Waals surface area contributed by atoms with Crippen LogP contribution in [-0.4, -0.2) is 18.0 Å². The van der Waals surface area contributed by atoms with E-state index in [1.54, 1.807) is 25.4 Å². The first-order chi connectivity index (χ1) is 11.1. The number of benzene rings is 1. The zero-order chi connectivity index (χ0) is 16.3. The molecule has 2 aromatic rings. The van der Waals surface area contributed by atoms with Crippen molar-refractivity contribution < 1.29 is 9.53 Å². The van der Waals surface area contributed by atoms with E-state index in [0.29, 0.717) is 11.5 Å². The molecule has 23 heavy (non-hydrogen) atoms. The lowest BCUT2D eigenvalue weighted by Crippen LogP contribution is -2.38. The first-order valence-corrected chi connectivity index (χ1v) is 7.81. The number of nitrogens with zero attached hydrogens (tertiary/aromatic N) is 1. The minimum Gasteiger partial charge on any atom is -0.497 e. The SMILES string of the molecule is COc1cccc(C2(C(=O)Nc3ccc(N)nc3)CCCC2)c1. The number of nitrogens with one attached hydrogen (secondary N) is 1. The smallest absolute Gasteiger partial charge is 0.235 e. The number of nitrogen functional groups attached to an aromatic ring is 1. The zero-order valence-electron chi connectivity index (χ0n) is 13.2. The summed E-state index contributed by atoms with van der Waals surface area (Å²) in [7, 11) is 1.64. The first-order valence-electron chi connectivity index (χ1n) is 7.81. The van der Waals surface area contributed by atoms with Crippen LogP contribution < -0.4 is 15.8 Å². The van der Waals surface area contributed by atoms with Crippen LogP contribution >= 0.6 is 0 Å². The van der Waals surface area contributed by atoms with E-state index in [9.17, 15) is 4.79 Å². The highest BCUT2D eigenvalue weighted by molar-refractivity contribution is 5.99. The molecule has 1 aliphatic rings. The third-order valence-corrected chi connectivity index (χ3v) is 4.56. The van der Waals surface area contributed by atoms with Gasteiger partial charge in [0.2, 0.25) is 5.91 Å². The number of hydrogen-bond donors (Lipinski definition) is 2. The van der Waals surface area contributed by atoms with Crippen LogP contribution in [0.2, 0.25) is 0 Å². The van der Waals surface area contributed by atoms with E-state index in [4.69, 9.17) is 10.5 Å². The third kappa shape index (κ3) is 2.99. The normalized spacial score (nSPS) is 16.0. The Morgan fingerprint density at radius 3 is 2.70 bits per heavy atom. The van der Waals surface area contributed by atoms with E-state index in [2.05, 4.69) is 10.3 Å². The number of nitrogens with two attached hydrogens (primary N) is 1. The van der Waals surface area contributed by atoms with Crippen LogP contribution in [0.1, 0.15) is 31.2 Å². The fourth-order valence-corrected chi connectivity index (χ4v) is 3.28. The van der Waals surface area contributed by atoms with Gasteiger partial charge in [-0.1, -0.05) is 25.0 Å². The molecule has 0 atom stereocenters. The van der Waals surface area contributed by atoms with Crippen molar-refractivity contribution in [1.29, 1.82) is 0 Å². The van der Waals surface area contributed by atoms with Crippen LogP contribution in [0.4, 0.5) is 11.5 Å². The van der Waals surface area contributed by atoms with Crippen LogP contribution in [-0.2, 0) is 10.2 Å². The van der Waals surface area contributed by atoms with Crippen molar-refractivity contribution in [3.63, 3.8) is 0 Å². The topological polar surface area (TPSA) is 77.2 Å². The Labute approximate surface area is 135 Å². The second kappa shape index (κ2) is 6.28. The molecule has 5 heteroatoms. The molecule has 0 saturated heterocycles. The highest BCUT2D eigenvalue weighted by Gasteiger charge is 2.42. The van der Waals surface area contributed by atoms with Gasteiger partial charge in [0, 0.05) is 0 Å². The predicted molar refractivity (Wildman–Crippen MR) is 90.4 cm³/mol. The first kappa shape index (κ1) is 15.3. The summed E-state index contributed by atoms with van der Waals surface area (Å²) in [4.78, 5) is 17.0.